The van der Waals surface area contributed by atoms with Crippen LogP contribution in [0.3, 0.4) is 0 Å². The third-order valence-electron chi connectivity index (χ3n) is 5.89. The first-order valence-electron chi connectivity index (χ1n) is 10.9. The molecule has 1 amide bonds. The maximum Gasteiger partial charge on any atom is 0.253 e. The number of nitrogen functional groups attached to an aromatic ring is 1. The van der Waals surface area contributed by atoms with Crippen LogP contribution < -0.4 is 16.0 Å². The van der Waals surface area contributed by atoms with E-state index in [-0.39, 0.29) is 28.3 Å². The van der Waals surface area contributed by atoms with Gasteiger partial charge in [-0.1, -0.05) is 23.7 Å². The van der Waals surface area contributed by atoms with Gasteiger partial charge in [-0.05, 0) is 36.9 Å². The molecule has 0 atom stereocenters. The molecule has 1 aromatic heterocycles. The number of amides is 1. The summed E-state index contributed by atoms with van der Waals surface area (Å²) in [6.45, 7) is 3.24. The van der Waals surface area contributed by atoms with Gasteiger partial charge in [-0.15, -0.1) is 0 Å². The summed E-state index contributed by atoms with van der Waals surface area (Å²) < 4.78 is 16.1. The number of anilines is 4. The van der Waals surface area contributed by atoms with Crippen molar-refractivity contribution in [1.82, 2.24) is 19.8 Å². The number of nitrogens with two attached hydrogens (primary N) is 1. The Kier molecular flexibility index (Phi) is 6.85. The summed E-state index contributed by atoms with van der Waals surface area (Å²) in [6.07, 6.45) is 1.28. The van der Waals surface area contributed by atoms with Crippen molar-refractivity contribution >= 4 is 40.4 Å². The van der Waals surface area contributed by atoms with Crippen molar-refractivity contribution in [2.75, 3.05) is 63.3 Å². The Balaban J connectivity index is 1.77. The second-order valence-electron chi connectivity index (χ2n) is 8.44. The van der Waals surface area contributed by atoms with Gasteiger partial charge in [-0.2, -0.15) is 0 Å². The minimum atomic E-state index is -0.447. The van der Waals surface area contributed by atoms with Crippen LogP contribution in [0.2, 0.25) is 5.15 Å². The first-order valence-corrected chi connectivity index (χ1v) is 11.2. The van der Waals surface area contributed by atoms with Gasteiger partial charge in [0, 0.05) is 51.4 Å². The standard InChI is InChI=1S/C24H27ClFN7O/c1-31(2)24(34)16-6-4-15(5-7-16)17-8-9-18(33-12-10-32(3)11-13-33)21(19(17)26)30-23-20(27)22(25)28-14-29-23/h4-9,14H,10-13,27H2,1-3H3,(H,28,29,30). The summed E-state index contributed by atoms with van der Waals surface area (Å²) in [6, 6.07) is 10.5. The number of likely N-dealkylation sites (N-methyl/N-ethyl adjacent to an activating group) is 1. The van der Waals surface area contributed by atoms with Crippen LogP contribution in [-0.4, -0.2) is 73.0 Å². The highest BCUT2D eigenvalue weighted by Crippen LogP contribution is 2.39. The van der Waals surface area contributed by atoms with E-state index in [2.05, 4.69) is 32.1 Å². The summed E-state index contributed by atoms with van der Waals surface area (Å²) in [5.74, 6) is -0.327. The number of nitrogens with zero attached hydrogens (tertiary/aromatic N) is 5. The lowest BCUT2D eigenvalue weighted by Crippen LogP contribution is -2.44. The van der Waals surface area contributed by atoms with Crippen LogP contribution in [0.4, 0.5) is 27.3 Å². The number of aromatic nitrogens is 2. The highest BCUT2D eigenvalue weighted by atomic mass is 35.5. The number of halogens is 2. The molecular formula is C24H27ClFN7O. The largest absolute Gasteiger partial charge is 0.393 e. The van der Waals surface area contributed by atoms with Gasteiger partial charge in [-0.3, -0.25) is 4.79 Å². The summed E-state index contributed by atoms with van der Waals surface area (Å²) in [4.78, 5) is 26.1. The van der Waals surface area contributed by atoms with Crippen molar-refractivity contribution in [1.29, 1.82) is 0 Å². The molecular weight excluding hydrogens is 457 g/mol. The lowest BCUT2D eigenvalue weighted by atomic mass is 10.0. The highest BCUT2D eigenvalue weighted by Gasteiger charge is 2.23. The van der Waals surface area contributed by atoms with Gasteiger partial charge in [0.1, 0.15) is 17.7 Å². The molecule has 1 fully saturated rings. The van der Waals surface area contributed by atoms with Crippen LogP contribution in [0.15, 0.2) is 42.7 Å². The number of benzene rings is 2. The molecule has 2 heterocycles. The Bertz CT molecular complexity index is 1190. The van der Waals surface area contributed by atoms with Gasteiger partial charge in [0.2, 0.25) is 0 Å². The van der Waals surface area contributed by atoms with Crippen molar-refractivity contribution in [3.63, 3.8) is 0 Å². The molecule has 0 bridgehead atoms. The van der Waals surface area contributed by atoms with E-state index in [0.717, 1.165) is 26.2 Å². The molecule has 1 aliphatic heterocycles. The Morgan fingerprint density at radius 2 is 1.76 bits per heavy atom. The van der Waals surface area contributed by atoms with E-state index in [0.29, 0.717) is 22.4 Å². The molecule has 0 unspecified atom stereocenters. The summed E-state index contributed by atoms with van der Waals surface area (Å²) >= 11 is 6.06. The molecule has 0 aliphatic carbocycles. The van der Waals surface area contributed by atoms with E-state index in [1.165, 1.54) is 11.2 Å². The van der Waals surface area contributed by atoms with Crippen LogP contribution in [0.5, 0.6) is 0 Å². The molecule has 1 aliphatic rings. The number of carbonyl (C=O) groups is 1. The molecule has 0 saturated carbocycles. The number of hydrogen-bond donors (Lipinski definition) is 2. The maximum atomic E-state index is 16.1. The quantitative estimate of drug-likeness (QED) is 0.534. The monoisotopic (exact) mass is 483 g/mol. The topological polar surface area (TPSA) is 90.6 Å². The van der Waals surface area contributed by atoms with Crippen molar-refractivity contribution < 1.29 is 9.18 Å². The van der Waals surface area contributed by atoms with Gasteiger partial charge >= 0.3 is 0 Å². The van der Waals surface area contributed by atoms with E-state index in [4.69, 9.17) is 17.3 Å². The number of hydrogen-bond acceptors (Lipinski definition) is 7. The Hall–Kier alpha value is -3.43. The third kappa shape index (κ3) is 4.76. The van der Waals surface area contributed by atoms with Crippen molar-refractivity contribution in [3.05, 3.63) is 59.3 Å². The summed E-state index contributed by atoms with van der Waals surface area (Å²) in [7, 11) is 5.44. The maximum absolute atomic E-state index is 16.1. The fourth-order valence-corrected chi connectivity index (χ4v) is 3.99. The lowest BCUT2D eigenvalue weighted by Gasteiger charge is -2.35. The van der Waals surface area contributed by atoms with Crippen molar-refractivity contribution in [2.45, 2.75) is 0 Å². The number of piperazine rings is 1. The van der Waals surface area contributed by atoms with Crippen LogP contribution >= 0.6 is 11.6 Å². The molecule has 4 rings (SSSR count). The van der Waals surface area contributed by atoms with E-state index in [1.54, 1.807) is 44.4 Å². The minimum absolute atomic E-state index is 0.0939. The predicted molar refractivity (Wildman–Crippen MR) is 134 cm³/mol. The van der Waals surface area contributed by atoms with Crippen molar-refractivity contribution in [2.24, 2.45) is 0 Å². The fraction of sp³-hybridized carbons (Fsp3) is 0.292. The smallest absolute Gasteiger partial charge is 0.253 e. The minimum Gasteiger partial charge on any atom is -0.393 e. The number of nitrogens with one attached hydrogen (secondary N) is 1. The molecule has 1 saturated heterocycles. The molecule has 34 heavy (non-hydrogen) atoms. The molecule has 178 valence electrons. The highest BCUT2D eigenvalue weighted by molar-refractivity contribution is 6.32. The Labute approximate surface area is 203 Å². The zero-order valence-corrected chi connectivity index (χ0v) is 20.1. The van der Waals surface area contributed by atoms with E-state index in [1.807, 2.05) is 6.07 Å². The molecule has 0 radical (unpaired) electrons. The van der Waals surface area contributed by atoms with Gasteiger partial charge in [0.05, 0.1) is 5.69 Å². The first kappa shape index (κ1) is 23.7. The Morgan fingerprint density at radius 1 is 1.09 bits per heavy atom. The molecule has 3 N–H and O–H groups in total. The molecule has 3 aromatic rings. The molecule has 10 heteroatoms. The summed E-state index contributed by atoms with van der Waals surface area (Å²) in [5.41, 5.74) is 8.73. The first-order chi connectivity index (χ1) is 16.3. The molecule has 2 aromatic carbocycles. The predicted octanol–water partition coefficient (Wildman–Crippen LogP) is 3.72. The zero-order chi connectivity index (χ0) is 24.4. The van der Waals surface area contributed by atoms with Crippen LogP contribution in [0, 0.1) is 5.82 Å². The third-order valence-corrected chi connectivity index (χ3v) is 6.19. The van der Waals surface area contributed by atoms with Gasteiger partial charge in [-0.25, -0.2) is 14.4 Å². The zero-order valence-electron chi connectivity index (χ0n) is 19.3. The van der Waals surface area contributed by atoms with Crippen LogP contribution in [0.1, 0.15) is 10.4 Å². The SMILES string of the molecule is CN1CCN(c2ccc(-c3ccc(C(=O)N(C)C)cc3)c(F)c2Nc2ncnc(Cl)c2N)CC1. The fourth-order valence-electron chi connectivity index (χ4n) is 3.86. The summed E-state index contributed by atoms with van der Waals surface area (Å²) in [5, 5.41) is 3.16. The average molecular weight is 484 g/mol. The van der Waals surface area contributed by atoms with E-state index >= 15 is 4.39 Å². The van der Waals surface area contributed by atoms with E-state index in [9.17, 15) is 4.79 Å². The average Bonchev–Trinajstić information content (AvgIpc) is 2.83. The second-order valence-corrected chi connectivity index (χ2v) is 8.80. The number of carbonyl (C=O) groups excluding carboxylic acids is 1. The lowest BCUT2D eigenvalue weighted by molar-refractivity contribution is 0.0827. The van der Waals surface area contributed by atoms with Gasteiger partial charge < -0.3 is 25.8 Å². The van der Waals surface area contributed by atoms with Crippen LogP contribution in [0.25, 0.3) is 11.1 Å². The van der Waals surface area contributed by atoms with E-state index < -0.39 is 5.82 Å². The normalized spacial score (nSPS) is 14.2. The van der Waals surface area contributed by atoms with Gasteiger partial charge in [0.15, 0.2) is 16.8 Å². The second kappa shape index (κ2) is 9.82. The molecule has 8 nitrogen and oxygen atoms in total. The number of rotatable bonds is 5. The van der Waals surface area contributed by atoms with Gasteiger partial charge in [0.25, 0.3) is 5.91 Å². The van der Waals surface area contributed by atoms with Crippen molar-refractivity contribution in [3.8, 4) is 11.1 Å². The van der Waals surface area contributed by atoms with Crippen LogP contribution in [-0.2, 0) is 0 Å². The molecule has 0 spiro atoms. The Morgan fingerprint density at radius 3 is 2.41 bits per heavy atom.